The third-order valence-electron chi connectivity index (χ3n) is 4.85. The molecule has 0 saturated carbocycles. The van der Waals surface area contributed by atoms with Gasteiger partial charge < -0.3 is 9.32 Å². The first-order valence-corrected chi connectivity index (χ1v) is 10.3. The molecule has 148 valence electrons. The van der Waals surface area contributed by atoms with E-state index < -0.39 is 4.92 Å². The summed E-state index contributed by atoms with van der Waals surface area (Å²) in [7, 11) is 0. The molecule has 2 aromatic carbocycles. The largest absolute Gasteiger partial charge is 0.451 e. The van der Waals surface area contributed by atoms with Crippen molar-refractivity contribution in [3.63, 3.8) is 0 Å². The fourth-order valence-corrected chi connectivity index (χ4v) is 4.19. The highest BCUT2D eigenvalue weighted by atomic mass is 32.2. The number of rotatable bonds is 5. The van der Waals surface area contributed by atoms with Crippen molar-refractivity contribution < 1.29 is 18.9 Å². The summed E-state index contributed by atoms with van der Waals surface area (Å²) in [6.45, 7) is 1.44. The van der Waals surface area contributed by atoms with Gasteiger partial charge in [0.05, 0.1) is 4.92 Å². The van der Waals surface area contributed by atoms with Crippen LogP contribution in [0.1, 0.15) is 26.5 Å². The zero-order valence-electron chi connectivity index (χ0n) is 15.5. The first-order chi connectivity index (χ1) is 14.0. The fraction of sp³-hybridized carbons (Fsp3) is 0.238. The summed E-state index contributed by atoms with van der Waals surface area (Å²) in [4.78, 5) is 37.1. The Labute approximate surface area is 170 Å². The molecule has 0 unspecified atom stereocenters. The molecule has 0 spiro atoms. The highest BCUT2D eigenvalue weighted by Gasteiger charge is 2.22. The number of carbonyl (C=O) groups excluding carboxylic acids is 2. The number of ketones is 1. The molecule has 0 bridgehead atoms. The highest BCUT2D eigenvalue weighted by Crippen LogP contribution is 2.24. The Kier molecular flexibility index (Phi) is 5.35. The van der Waals surface area contributed by atoms with Crippen molar-refractivity contribution in [1.29, 1.82) is 0 Å². The van der Waals surface area contributed by atoms with Crippen LogP contribution < -0.4 is 0 Å². The average molecular weight is 410 g/mol. The van der Waals surface area contributed by atoms with Gasteiger partial charge in [-0.3, -0.25) is 19.7 Å². The Hall–Kier alpha value is -3.13. The third kappa shape index (κ3) is 4.17. The molecular formula is C21H18N2O5S. The maximum absolute atomic E-state index is 12.6. The molecule has 1 saturated heterocycles. The van der Waals surface area contributed by atoms with E-state index >= 15 is 0 Å². The van der Waals surface area contributed by atoms with E-state index in [1.165, 1.54) is 24.3 Å². The lowest BCUT2D eigenvalue weighted by Crippen LogP contribution is -2.37. The number of nitro groups is 1. The molecule has 0 atom stereocenters. The molecule has 0 aliphatic carbocycles. The van der Waals surface area contributed by atoms with E-state index in [2.05, 4.69) is 0 Å². The van der Waals surface area contributed by atoms with Gasteiger partial charge in [-0.15, -0.1) is 0 Å². The Bertz CT molecular complexity index is 1080. The number of hydrogen-bond acceptors (Lipinski definition) is 6. The zero-order chi connectivity index (χ0) is 20.4. The van der Waals surface area contributed by atoms with Crippen LogP contribution in [0, 0.1) is 10.1 Å². The molecule has 1 aliphatic heterocycles. The molecule has 8 heteroatoms. The Balaban J connectivity index is 1.50. The first-order valence-electron chi connectivity index (χ1n) is 9.18. The van der Waals surface area contributed by atoms with E-state index in [9.17, 15) is 19.7 Å². The lowest BCUT2D eigenvalue weighted by Gasteiger charge is -2.25. The third-order valence-corrected chi connectivity index (χ3v) is 5.80. The van der Waals surface area contributed by atoms with Gasteiger partial charge in [-0.25, -0.2) is 0 Å². The van der Waals surface area contributed by atoms with Crippen LogP contribution in [0.3, 0.4) is 0 Å². The van der Waals surface area contributed by atoms with Crippen molar-refractivity contribution in [3.05, 3.63) is 75.5 Å². The predicted octanol–water partition coefficient (Wildman–Crippen LogP) is 3.96. The minimum Gasteiger partial charge on any atom is -0.451 e. The summed E-state index contributed by atoms with van der Waals surface area (Å²) >= 11 is 1.83. The van der Waals surface area contributed by atoms with Crippen LogP contribution >= 0.6 is 11.8 Å². The number of thioether (sulfide) groups is 1. The second kappa shape index (κ2) is 8.08. The van der Waals surface area contributed by atoms with Crippen molar-refractivity contribution in [2.45, 2.75) is 6.42 Å². The van der Waals surface area contributed by atoms with Crippen LogP contribution in [0.15, 0.2) is 52.9 Å². The number of benzene rings is 2. The minimum absolute atomic E-state index is 0.0501. The van der Waals surface area contributed by atoms with Gasteiger partial charge in [0.2, 0.25) is 0 Å². The Morgan fingerprint density at radius 2 is 1.79 bits per heavy atom. The van der Waals surface area contributed by atoms with E-state index in [4.69, 9.17) is 4.42 Å². The van der Waals surface area contributed by atoms with E-state index in [0.29, 0.717) is 16.9 Å². The van der Waals surface area contributed by atoms with Gasteiger partial charge in [0.15, 0.2) is 11.5 Å². The number of nitro benzene ring substituents is 1. The van der Waals surface area contributed by atoms with Crippen molar-refractivity contribution in [1.82, 2.24) is 4.90 Å². The molecule has 4 rings (SSSR count). The summed E-state index contributed by atoms with van der Waals surface area (Å²) in [5.41, 5.74) is 1.76. The van der Waals surface area contributed by atoms with Crippen LogP contribution in [0.4, 0.5) is 5.69 Å². The van der Waals surface area contributed by atoms with E-state index in [1.54, 1.807) is 23.1 Å². The van der Waals surface area contributed by atoms with E-state index in [0.717, 1.165) is 35.5 Å². The van der Waals surface area contributed by atoms with E-state index in [-0.39, 0.29) is 23.8 Å². The molecular weight excluding hydrogens is 392 g/mol. The number of furan rings is 1. The average Bonchev–Trinajstić information content (AvgIpc) is 3.17. The molecule has 2 heterocycles. The predicted molar refractivity (Wildman–Crippen MR) is 111 cm³/mol. The molecule has 0 radical (unpaired) electrons. The van der Waals surface area contributed by atoms with Crippen molar-refractivity contribution in [2.24, 2.45) is 0 Å². The van der Waals surface area contributed by atoms with Crippen LogP contribution in [0.25, 0.3) is 11.0 Å². The Morgan fingerprint density at radius 1 is 1.07 bits per heavy atom. The molecule has 1 amide bonds. The molecule has 0 N–H and O–H groups in total. The number of nitrogens with zero attached hydrogens (tertiary/aromatic N) is 2. The fourth-order valence-electron chi connectivity index (χ4n) is 3.29. The lowest BCUT2D eigenvalue weighted by atomic mass is 10.0. The number of hydrogen-bond donors (Lipinski definition) is 0. The summed E-state index contributed by atoms with van der Waals surface area (Å²) in [6, 6.07) is 12.7. The molecule has 7 nitrogen and oxygen atoms in total. The van der Waals surface area contributed by atoms with Gasteiger partial charge in [-0.1, -0.05) is 6.07 Å². The molecule has 1 aromatic heterocycles. The highest BCUT2D eigenvalue weighted by molar-refractivity contribution is 7.99. The Morgan fingerprint density at radius 3 is 2.48 bits per heavy atom. The normalized spacial score (nSPS) is 14.1. The number of non-ortho nitro benzene ring substituents is 1. The first kappa shape index (κ1) is 19.2. The van der Waals surface area contributed by atoms with Crippen LogP contribution in [0.2, 0.25) is 0 Å². The topological polar surface area (TPSA) is 93.7 Å². The monoisotopic (exact) mass is 410 g/mol. The second-order valence-electron chi connectivity index (χ2n) is 6.79. The van der Waals surface area contributed by atoms with Crippen molar-refractivity contribution >= 4 is 40.1 Å². The summed E-state index contributed by atoms with van der Waals surface area (Å²) in [6.07, 6.45) is 0.158. The minimum atomic E-state index is -0.497. The molecule has 1 fully saturated rings. The molecule has 1 aliphatic rings. The summed E-state index contributed by atoms with van der Waals surface area (Å²) < 4.78 is 5.72. The smallest absolute Gasteiger partial charge is 0.289 e. The summed E-state index contributed by atoms with van der Waals surface area (Å²) in [5, 5.41) is 11.5. The van der Waals surface area contributed by atoms with Gasteiger partial charge in [0, 0.05) is 54.1 Å². The van der Waals surface area contributed by atoms with E-state index in [1.807, 2.05) is 17.8 Å². The van der Waals surface area contributed by atoms with Gasteiger partial charge in [-0.05, 0) is 35.9 Å². The zero-order valence-corrected chi connectivity index (χ0v) is 16.3. The maximum atomic E-state index is 12.6. The van der Waals surface area contributed by atoms with Crippen LogP contribution in [-0.4, -0.2) is 46.1 Å². The number of carbonyl (C=O) groups is 2. The molecule has 29 heavy (non-hydrogen) atoms. The lowest BCUT2D eigenvalue weighted by molar-refractivity contribution is -0.384. The standard InChI is InChI=1S/C21H18N2O5S/c24-18(15-2-4-17(5-3-15)23(26)27)12-14-1-6-19-16(11-14)13-20(28-19)21(25)22-7-9-29-10-8-22/h1-6,11,13H,7-10,12H2. The quantitative estimate of drug-likeness (QED) is 0.359. The van der Waals surface area contributed by atoms with Crippen molar-refractivity contribution in [2.75, 3.05) is 24.6 Å². The number of Topliss-reactive ketones (excluding diaryl/α,β-unsaturated/α-hetero) is 1. The number of amides is 1. The number of fused-ring (bicyclic) bond motifs is 1. The van der Waals surface area contributed by atoms with Gasteiger partial charge >= 0.3 is 0 Å². The maximum Gasteiger partial charge on any atom is 0.289 e. The van der Waals surface area contributed by atoms with Crippen molar-refractivity contribution in [3.8, 4) is 0 Å². The van der Waals surface area contributed by atoms with Gasteiger partial charge in [0.1, 0.15) is 5.58 Å². The van der Waals surface area contributed by atoms with Gasteiger partial charge in [0.25, 0.3) is 11.6 Å². The SMILES string of the molecule is O=C(Cc1ccc2oc(C(=O)N3CCSCC3)cc2c1)c1ccc([N+](=O)[O-])cc1. The summed E-state index contributed by atoms with van der Waals surface area (Å²) in [5.74, 6) is 1.93. The molecule has 3 aromatic rings. The van der Waals surface area contributed by atoms with Crippen LogP contribution in [0.5, 0.6) is 0 Å². The van der Waals surface area contributed by atoms with Gasteiger partial charge in [-0.2, -0.15) is 11.8 Å². The van der Waals surface area contributed by atoms with Crippen LogP contribution in [-0.2, 0) is 6.42 Å². The second-order valence-corrected chi connectivity index (χ2v) is 8.02.